The Balaban J connectivity index is 0.000000640. The van der Waals surface area contributed by atoms with Gasteiger partial charge in [0.05, 0.1) is 0 Å². The van der Waals surface area contributed by atoms with Gasteiger partial charge in [-0.1, -0.05) is 6.42 Å². The molecule has 0 atom stereocenters. The zero-order valence-electron chi connectivity index (χ0n) is 5.94. The van der Waals surface area contributed by atoms with Crippen LogP contribution in [0, 0.1) is 0 Å². The van der Waals surface area contributed by atoms with Crippen molar-refractivity contribution in [2.45, 2.75) is 25.7 Å². The van der Waals surface area contributed by atoms with Gasteiger partial charge in [-0.05, 0) is 12.8 Å². The molecule has 2 nitrogen and oxygen atoms in total. The van der Waals surface area contributed by atoms with Crippen LogP contribution in [0.15, 0.2) is 0 Å². The molecule has 3 heteroatoms. The van der Waals surface area contributed by atoms with Gasteiger partial charge in [0.1, 0.15) is 0 Å². The Morgan fingerprint density at radius 3 is 2.78 bits per heavy atom. The van der Waals surface area contributed by atoms with Crippen molar-refractivity contribution in [1.29, 1.82) is 0 Å². The molecule has 0 spiro atoms. The predicted octanol–water partition coefficient (Wildman–Crippen LogP) is 0.296. The summed E-state index contributed by atoms with van der Waals surface area (Å²) in [6, 6.07) is 0. The molecule has 1 heterocycles. The average molecular weight is 152 g/mol. The largest absolute Gasteiger partial charge is 0.356 e. The fourth-order valence-corrected chi connectivity index (χ4v) is 0.904. The Labute approximate surface area is 98.2 Å². The Morgan fingerprint density at radius 1 is 1.22 bits per heavy atom. The van der Waals surface area contributed by atoms with Gasteiger partial charge in [0.15, 0.2) is 0 Å². The molecule has 1 radical (unpaired) electrons. The standard InChI is InChI=1S/C6H11NO.K/c8-6-4-2-1-3-5-7-6;/h1-5H2,(H,7,8);. The number of hydrogen-bond donors (Lipinski definition) is 1. The van der Waals surface area contributed by atoms with E-state index in [1.54, 1.807) is 0 Å². The van der Waals surface area contributed by atoms with Gasteiger partial charge in [0, 0.05) is 64.4 Å². The molecule has 47 valence electrons. The third-order valence-electron chi connectivity index (χ3n) is 1.40. The van der Waals surface area contributed by atoms with Gasteiger partial charge >= 0.3 is 0 Å². The third kappa shape index (κ3) is 4.50. The van der Waals surface area contributed by atoms with E-state index >= 15 is 0 Å². The predicted molar refractivity (Wildman–Crippen MR) is 37.2 cm³/mol. The Kier molecular flexibility index (Phi) is 6.58. The minimum atomic E-state index is 0. The molecule has 9 heavy (non-hydrogen) atoms. The molecule has 0 aromatic rings. The van der Waals surface area contributed by atoms with Crippen molar-refractivity contribution in [3.05, 3.63) is 0 Å². The van der Waals surface area contributed by atoms with Gasteiger partial charge in [-0.2, -0.15) is 0 Å². The van der Waals surface area contributed by atoms with Crippen LogP contribution in [0.25, 0.3) is 0 Å². The molecule has 0 unspecified atom stereocenters. The number of amides is 1. The van der Waals surface area contributed by atoms with Gasteiger partial charge in [0.2, 0.25) is 5.91 Å². The van der Waals surface area contributed by atoms with Crippen LogP contribution in [0.3, 0.4) is 0 Å². The first kappa shape index (κ1) is 10.1. The van der Waals surface area contributed by atoms with Crippen molar-refractivity contribution in [1.82, 2.24) is 5.32 Å². The van der Waals surface area contributed by atoms with Crippen LogP contribution in [-0.4, -0.2) is 63.8 Å². The van der Waals surface area contributed by atoms with Crippen molar-refractivity contribution in [3.63, 3.8) is 0 Å². The van der Waals surface area contributed by atoms with E-state index in [0.717, 1.165) is 25.8 Å². The molecule has 0 aliphatic carbocycles. The first-order valence-electron chi connectivity index (χ1n) is 3.16. The van der Waals surface area contributed by atoms with Crippen molar-refractivity contribution in [2.75, 3.05) is 6.54 Å². The first-order chi connectivity index (χ1) is 3.89. The van der Waals surface area contributed by atoms with Crippen LogP contribution in [-0.2, 0) is 4.79 Å². The maximum atomic E-state index is 10.6. The summed E-state index contributed by atoms with van der Waals surface area (Å²) in [6.45, 7) is 0.888. The molecule has 1 N–H and O–H groups in total. The quantitative estimate of drug-likeness (QED) is 0.497. The Hall–Kier alpha value is 1.11. The maximum Gasteiger partial charge on any atom is 0.219 e. The second-order valence-electron chi connectivity index (χ2n) is 2.16. The van der Waals surface area contributed by atoms with Crippen molar-refractivity contribution >= 4 is 57.3 Å². The molecule has 1 aliphatic heterocycles. The summed E-state index contributed by atoms with van der Waals surface area (Å²) in [5, 5.41) is 2.81. The maximum absolute atomic E-state index is 10.6. The second kappa shape index (κ2) is 5.86. The molecule has 0 bridgehead atoms. The van der Waals surface area contributed by atoms with E-state index in [1.165, 1.54) is 6.42 Å². The van der Waals surface area contributed by atoms with Gasteiger partial charge < -0.3 is 5.32 Å². The molecule has 0 saturated carbocycles. The summed E-state index contributed by atoms with van der Waals surface area (Å²) < 4.78 is 0. The van der Waals surface area contributed by atoms with E-state index in [9.17, 15) is 4.79 Å². The number of rotatable bonds is 0. The van der Waals surface area contributed by atoms with E-state index < -0.39 is 0 Å². The SMILES string of the molecule is O=C1CCCCCN1.[K]. The third-order valence-corrected chi connectivity index (χ3v) is 1.40. The Bertz CT molecular complexity index is 85.1. The molecule has 1 fully saturated rings. The van der Waals surface area contributed by atoms with E-state index in [1.807, 2.05) is 0 Å². The van der Waals surface area contributed by atoms with Crippen LogP contribution < -0.4 is 5.32 Å². The van der Waals surface area contributed by atoms with Crippen molar-refractivity contribution in [3.8, 4) is 0 Å². The van der Waals surface area contributed by atoms with Gasteiger partial charge in [-0.25, -0.2) is 0 Å². The van der Waals surface area contributed by atoms with Crippen LogP contribution in [0.5, 0.6) is 0 Å². The summed E-state index contributed by atoms with van der Waals surface area (Å²) in [5.74, 6) is 0.225. The molecule has 1 saturated heterocycles. The molecular weight excluding hydrogens is 141 g/mol. The summed E-state index contributed by atoms with van der Waals surface area (Å²) in [6.07, 6.45) is 4.18. The minimum absolute atomic E-state index is 0. The first-order valence-corrected chi connectivity index (χ1v) is 3.16. The van der Waals surface area contributed by atoms with Crippen LogP contribution in [0.4, 0.5) is 0 Å². The smallest absolute Gasteiger partial charge is 0.219 e. The van der Waals surface area contributed by atoms with Gasteiger partial charge in [0.25, 0.3) is 0 Å². The minimum Gasteiger partial charge on any atom is -0.356 e. The molecule has 0 aromatic carbocycles. The van der Waals surface area contributed by atoms with Crippen LogP contribution >= 0.6 is 0 Å². The fourth-order valence-electron chi connectivity index (χ4n) is 0.904. The summed E-state index contributed by atoms with van der Waals surface area (Å²) in [4.78, 5) is 10.6. The molecular formula is C6H11KNO. The zero-order valence-corrected chi connectivity index (χ0v) is 9.07. The summed E-state index contributed by atoms with van der Waals surface area (Å²) in [5.41, 5.74) is 0. The normalized spacial score (nSPS) is 19.3. The second-order valence-corrected chi connectivity index (χ2v) is 2.16. The van der Waals surface area contributed by atoms with E-state index in [4.69, 9.17) is 0 Å². The fraction of sp³-hybridized carbons (Fsp3) is 0.833. The topological polar surface area (TPSA) is 29.1 Å². The van der Waals surface area contributed by atoms with Gasteiger partial charge in [-0.15, -0.1) is 0 Å². The number of hydrogen-bond acceptors (Lipinski definition) is 1. The van der Waals surface area contributed by atoms with Crippen molar-refractivity contribution in [2.24, 2.45) is 0 Å². The van der Waals surface area contributed by atoms with Crippen LogP contribution in [0.2, 0.25) is 0 Å². The zero-order chi connectivity index (χ0) is 5.82. The van der Waals surface area contributed by atoms with E-state index in [0.29, 0.717) is 0 Å². The summed E-state index contributed by atoms with van der Waals surface area (Å²) in [7, 11) is 0. The number of carbonyl (C=O) groups is 1. The van der Waals surface area contributed by atoms with E-state index in [2.05, 4.69) is 5.32 Å². The Morgan fingerprint density at radius 2 is 2.00 bits per heavy atom. The number of carbonyl (C=O) groups excluding carboxylic acids is 1. The average Bonchev–Trinajstić information content (AvgIpc) is 1.94. The number of nitrogens with one attached hydrogen (secondary N) is 1. The van der Waals surface area contributed by atoms with Crippen molar-refractivity contribution < 1.29 is 4.79 Å². The van der Waals surface area contributed by atoms with Gasteiger partial charge in [-0.3, -0.25) is 4.79 Å². The van der Waals surface area contributed by atoms with Crippen LogP contribution in [0.1, 0.15) is 25.7 Å². The summed E-state index contributed by atoms with van der Waals surface area (Å²) >= 11 is 0. The van der Waals surface area contributed by atoms with E-state index in [-0.39, 0.29) is 57.3 Å². The molecule has 1 rings (SSSR count). The monoisotopic (exact) mass is 152 g/mol. The molecule has 1 amide bonds. The molecule has 1 aliphatic rings. The molecule has 0 aromatic heterocycles.